The van der Waals surface area contributed by atoms with Gasteiger partial charge in [-0.3, -0.25) is 4.57 Å². The zero-order valence-electron chi connectivity index (χ0n) is 21.4. The maximum atomic E-state index is 11.7. The van der Waals surface area contributed by atoms with Crippen LogP contribution in [0.1, 0.15) is 96.8 Å². The van der Waals surface area contributed by atoms with Crippen molar-refractivity contribution >= 4 is 7.82 Å². The van der Waals surface area contributed by atoms with E-state index < -0.39 is 13.9 Å². The Morgan fingerprint density at radius 1 is 0.750 bits per heavy atom. The molecule has 0 saturated heterocycles. The fraction of sp³-hybridized carbons (Fsp3) is 1.00. The first kappa shape index (κ1) is 32.0. The number of hydrogen-bond acceptors (Lipinski definition) is 6. The van der Waals surface area contributed by atoms with Crippen molar-refractivity contribution in [2.45, 2.75) is 103 Å². The molecule has 0 radical (unpaired) electrons. The van der Waals surface area contributed by atoms with Crippen molar-refractivity contribution in [3.8, 4) is 0 Å². The lowest BCUT2D eigenvalue weighted by Crippen LogP contribution is -2.37. The highest BCUT2D eigenvalue weighted by atomic mass is 31.2. The second-order valence-electron chi connectivity index (χ2n) is 9.92. The number of aliphatic hydroxyl groups is 1. The molecule has 0 saturated carbocycles. The van der Waals surface area contributed by atoms with Gasteiger partial charge in [0.15, 0.2) is 0 Å². The molecule has 0 rings (SSSR count). The summed E-state index contributed by atoms with van der Waals surface area (Å²) in [5, 5.41) is 9.81. The van der Waals surface area contributed by atoms with E-state index in [1.807, 2.05) is 21.1 Å². The molecule has 0 heterocycles. The van der Waals surface area contributed by atoms with Gasteiger partial charge in [0.1, 0.15) is 19.3 Å². The number of likely N-dealkylation sites (N-methyl/N-ethyl adjacent to an activating group) is 1. The van der Waals surface area contributed by atoms with Crippen LogP contribution in [0.5, 0.6) is 0 Å². The first-order valence-electron chi connectivity index (χ1n) is 12.8. The molecule has 8 heteroatoms. The van der Waals surface area contributed by atoms with Crippen LogP contribution in [-0.4, -0.2) is 69.8 Å². The van der Waals surface area contributed by atoms with Crippen LogP contribution in [0.2, 0.25) is 0 Å². The van der Waals surface area contributed by atoms with E-state index in [0.29, 0.717) is 17.6 Å². The van der Waals surface area contributed by atoms with Crippen molar-refractivity contribution in [1.29, 1.82) is 0 Å². The number of nitrogens with zero attached hydrogens (tertiary/aromatic N) is 1. The average molecular weight is 482 g/mol. The molecule has 0 bridgehead atoms. The summed E-state index contributed by atoms with van der Waals surface area (Å²) in [6, 6.07) is 0. The van der Waals surface area contributed by atoms with E-state index in [-0.39, 0.29) is 19.8 Å². The molecular formula is C24H52NO6P. The van der Waals surface area contributed by atoms with Gasteiger partial charge in [-0.05, 0) is 6.42 Å². The predicted molar refractivity (Wildman–Crippen MR) is 130 cm³/mol. The number of phosphoric ester groups is 1. The van der Waals surface area contributed by atoms with Gasteiger partial charge in [0.05, 0.1) is 34.4 Å². The van der Waals surface area contributed by atoms with Gasteiger partial charge in [-0.25, -0.2) is 0 Å². The van der Waals surface area contributed by atoms with Crippen molar-refractivity contribution in [2.75, 3.05) is 54.1 Å². The molecule has 0 amide bonds. The molecule has 194 valence electrons. The summed E-state index contributed by atoms with van der Waals surface area (Å²) in [4.78, 5) is 11.7. The Hall–Kier alpha value is -0.0100. The Labute approximate surface area is 198 Å². The monoisotopic (exact) mass is 481 g/mol. The van der Waals surface area contributed by atoms with E-state index in [4.69, 9.17) is 13.8 Å². The fourth-order valence-corrected chi connectivity index (χ4v) is 4.04. The number of phosphoric acid groups is 1. The minimum atomic E-state index is -4.38. The highest BCUT2D eigenvalue weighted by Gasteiger charge is 2.15. The van der Waals surface area contributed by atoms with Crippen molar-refractivity contribution in [3.63, 3.8) is 0 Å². The number of rotatable bonds is 24. The zero-order valence-corrected chi connectivity index (χ0v) is 22.3. The Morgan fingerprint density at radius 2 is 1.22 bits per heavy atom. The van der Waals surface area contributed by atoms with Crippen LogP contribution in [0.4, 0.5) is 0 Å². The number of hydrogen-bond donors (Lipinski definition) is 1. The number of unbranched alkanes of at least 4 members (excludes halogenated alkanes) is 13. The Kier molecular flexibility index (Phi) is 20.4. The normalized spacial score (nSPS) is 15.1. The van der Waals surface area contributed by atoms with Gasteiger partial charge in [0.2, 0.25) is 0 Å². The Bertz CT molecular complexity index is 458. The predicted octanol–water partition coefficient (Wildman–Crippen LogP) is 5.05. The number of quaternary nitrogens is 1. The number of aliphatic hydroxyl groups excluding tert-OH is 1. The second kappa shape index (κ2) is 20.4. The molecule has 0 aliphatic carbocycles. The Morgan fingerprint density at radius 3 is 1.69 bits per heavy atom. The molecule has 0 aromatic heterocycles. The van der Waals surface area contributed by atoms with E-state index in [9.17, 15) is 14.6 Å². The largest absolute Gasteiger partial charge is 0.756 e. The molecule has 7 nitrogen and oxygen atoms in total. The van der Waals surface area contributed by atoms with Gasteiger partial charge in [-0.2, -0.15) is 0 Å². The van der Waals surface area contributed by atoms with Gasteiger partial charge < -0.3 is 28.3 Å². The molecule has 0 spiro atoms. The molecule has 32 heavy (non-hydrogen) atoms. The molecule has 0 fully saturated rings. The van der Waals surface area contributed by atoms with E-state index >= 15 is 0 Å². The van der Waals surface area contributed by atoms with Gasteiger partial charge in [-0.15, -0.1) is 0 Å². The average Bonchev–Trinajstić information content (AvgIpc) is 2.71. The van der Waals surface area contributed by atoms with E-state index in [0.717, 1.165) is 12.8 Å². The van der Waals surface area contributed by atoms with Gasteiger partial charge in [0, 0.05) is 6.61 Å². The highest BCUT2D eigenvalue weighted by molar-refractivity contribution is 7.45. The fourth-order valence-electron chi connectivity index (χ4n) is 3.31. The summed E-state index contributed by atoms with van der Waals surface area (Å²) in [5.74, 6) is 0. The summed E-state index contributed by atoms with van der Waals surface area (Å²) < 4.78 is 27.2. The van der Waals surface area contributed by atoms with Crippen molar-refractivity contribution in [2.24, 2.45) is 0 Å². The second-order valence-corrected chi connectivity index (χ2v) is 11.3. The zero-order chi connectivity index (χ0) is 24.1. The van der Waals surface area contributed by atoms with Crippen LogP contribution >= 0.6 is 7.82 Å². The molecule has 1 unspecified atom stereocenters. The third kappa shape index (κ3) is 24.6. The van der Waals surface area contributed by atoms with Gasteiger partial charge >= 0.3 is 0 Å². The van der Waals surface area contributed by atoms with Gasteiger partial charge in [-0.1, -0.05) is 90.4 Å². The van der Waals surface area contributed by atoms with Crippen LogP contribution in [-0.2, 0) is 18.3 Å². The number of ether oxygens (including phenoxy) is 1. The van der Waals surface area contributed by atoms with Crippen LogP contribution < -0.4 is 4.89 Å². The van der Waals surface area contributed by atoms with Crippen molar-refractivity contribution in [3.05, 3.63) is 0 Å². The molecular weight excluding hydrogens is 429 g/mol. The molecule has 0 aliphatic heterocycles. The van der Waals surface area contributed by atoms with Crippen LogP contribution in [0, 0.1) is 0 Å². The Balaban J connectivity index is 3.40. The lowest BCUT2D eigenvalue weighted by atomic mass is 10.0. The SMILES string of the molecule is CCCCCCCCCCCCCCCCOC[C@@H](O)COP(=O)([O-])OCC[N+](C)(C)C. The molecule has 1 N–H and O–H groups in total. The first-order chi connectivity index (χ1) is 15.2. The smallest absolute Gasteiger partial charge is 0.268 e. The quantitative estimate of drug-likeness (QED) is 0.118. The van der Waals surface area contributed by atoms with E-state index in [2.05, 4.69) is 6.92 Å². The third-order valence-electron chi connectivity index (χ3n) is 5.39. The van der Waals surface area contributed by atoms with Crippen LogP contribution in [0.25, 0.3) is 0 Å². The first-order valence-corrected chi connectivity index (χ1v) is 14.3. The topological polar surface area (TPSA) is 88.0 Å². The summed E-state index contributed by atoms with van der Waals surface area (Å²) in [7, 11) is 1.45. The van der Waals surface area contributed by atoms with Crippen LogP contribution in [0.15, 0.2) is 0 Å². The van der Waals surface area contributed by atoms with Gasteiger partial charge in [0.25, 0.3) is 7.82 Å². The van der Waals surface area contributed by atoms with Crippen molar-refractivity contribution in [1.82, 2.24) is 0 Å². The molecule has 2 atom stereocenters. The minimum absolute atomic E-state index is 0.0516. The molecule has 0 aromatic rings. The van der Waals surface area contributed by atoms with Crippen LogP contribution in [0.3, 0.4) is 0 Å². The third-order valence-corrected chi connectivity index (χ3v) is 6.35. The van der Waals surface area contributed by atoms with E-state index in [1.54, 1.807) is 0 Å². The summed E-state index contributed by atoms with van der Waals surface area (Å²) in [6.45, 7) is 3.15. The molecule has 0 aliphatic rings. The summed E-state index contributed by atoms with van der Waals surface area (Å²) in [6.07, 6.45) is 17.3. The minimum Gasteiger partial charge on any atom is -0.756 e. The summed E-state index contributed by atoms with van der Waals surface area (Å²) in [5.41, 5.74) is 0. The summed E-state index contributed by atoms with van der Waals surface area (Å²) >= 11 is 0. The standard InChI is InChI=1S/C24H52NO6P/c1-5-6-7-8-9-10-11-12-13-14-15-16-17-18-20-29-22-24(26)23-31-32(27,28)30-21-19-25(2,3)4/h24,26H,5-23H2,1-4H3/t24-/m1/s1. The lowest BCUT2D eigenvalue weighted by Gasteiger charge is -2.27. The highest BCUT2D eigenvalue weighted by Crippen LogP contribution is 2.38. The maximum absolute atomic E-state index is 11.7. The van der Waals surface area contributed by atoms with E-state index in [1.165, 1.54) is 77.0 Å². The molecule has 0 aromatic carbocycles. The van der Waals surface area contributed by atoms with Crippen molar-refractivity contribution < 1.29 is 32.8 Å². The maximum Gasteiger partial charge on any atom is 0.268 e. The lowest BCUT2D eigenvalue weighted by molar-refractivity contribution is -0.870.